The summed E-state index contributed by atoms with van der Waals surface area (Å²) in [6.07, 6.45) is 0. The number of hydrogen-bond acceptors (Lipinski definition) is 5. The summed E-state index contributed by atoms with van der Waals surface area (Å²) in [5, 5.41) is 2.76. The van der Waals surface area contributed by atoms with E-state index >= 15 is 0 Å². The maximum absolute atomic E-state index is 12.2. The first-order chi connectivity index (χ1) is 12.0. The molecular formula is C19H21NO5. The molecule has 2 aromatic rings. The second-order valence-electron chi connectivity index (χ2n) is 5.46. The number of aryl methyl sites for hydroxylation is 2. The fourth-order valence-electron chi connectivity index (χ4n) is 2.36. The molecule has 1 N–H and O–H groups in total. The monoisotopic (exact) mass is 343 g/mol. The summed E-state index contributed by atoms with van der Waals surface area (Å²) in [4.78, 5) is 24.3. The fraction of sp³-hybridized carbons (Fsp3) is 0.263. The molecule has 0 aliphatic rings. The normalized spacial score (nSPS) is 10.1. The van der Waals surface area contributed by atoms with Gasteiger partial charge in [0.2, 0.25) is 0 Å². The van der Waals surface area contributed by atoms with E-state index in [1.807, 2.05) is 32.0 Å². The lowest BCUT2D eigenvalue weighted by atomic mass is 10.1. The Morgan fingerprint density at radius 1 is 1.00 bits per heavy atom. The number of anilines is 1. The molecule has 132 valence electrons. The number of esters is 1. The molecule has 0 unspecified atom stereocenters. The van der Waals surface area contributed by atoms with Crippen LogP contribution >= 0.6 is 0 Å². The summed E-state index contributed by atoms with van der Waals surface area (Å²) in [5.74, 6) is -0.171. The highest BCUT2D eigenvalue weighted by Gasteiger charge is 2.16. The summed E-state index contributed by atoms with van der Waals surface area (Å²) >= 11 is 0. The molecule has 6 heteroatoms. The van der Waals surface area contributed by atoms with Crippen molar-refractivity contribution in [2.75, 3.05) is 26.1 Å². The molecular weight excluding hydrogens is 322 g/mol. The van der Waals surface area contributed by atoms with Crippen LogP contribution in [0.15, 0.2) is 36.4 Å². The van der Waals surface area contributed by atoms with Crippen LogP contribution in [0.3, 0.4) is 0 Å². The Kier molecular flexibility index (Phi) is 6.00. The first-order valence-corrected chi connectivity index (χ1v) is 7.71. The zero-order valence-corrected chi connectivity index (χ0v) is 14.7. The van der Waals surface area contributed by atoms with Crippen molar-refractivity contribution in [3.05, 3.63) is 53.1 Å². The number of nitrogens with one attached hydrogen (secondary N) is 1. The van der Waals surface area contributed by atoms with Crippen LogP contribution in [0.2, 0.25) is 0 Å². The molecule has 0 radical (unpaired) electrons. The van der Waals surface area contributed by atoms with Gasteiger partial charge in [-0.2, -0.15) is 0 Å². The van der Waals surface area contributed by atoms with Gasteiger partial charge in [0.15, 0.2) is 6.61 Å². The van der Waals surface area contributed by atoms with Crippen molar-refractivity contribution in [1.29, 1.82) is 0 Å². The van der Waals surface area contributed by atoms with Crippen molar-refractivity contribution < 1.29 is 23.8 Å². The molecule has 0 aromatic heterocycles. The first kappa shape index (κ1) is 18.3. The zero-order valence-electron chi connectivity index (χ0n) is 14.7. The van der Waals surface area contributed by atoms with Gasteiger partial charge in [-0.1, -0.05) is 18.2 Å². The molecule has 0 aliphatic carbocycles. The van der Waals surface area contributed by atoms with Crippen LogP contribution in [0.4, 0.5) is 5.69 Å². The number of ether oxygens (including phenoxy) is 3. The van der Waals surface area contributed by atoms with E-state index in [0.717, 1.165) is 16.8 Å². The van der Waals surface area contributed by atoms with E-state index < -0.39 is 11.9 Å². The zero-order chi connectivity index (χ0) is 18.4. The topological polar surface area (TPSA) is 73.9 Å². The van der Waals surface area contributed by atoms with E-state index in [1.54, 1.807) is 12.1 Å². The highest BCUT2D eigenvalue weighted by atomic mass is 16.5. The van der Waals surface area contributed by atoms with Gasteiger partial charge in [-0.3, -0.25) is 4.79 Å². The molecule has 25 heavy (non-hydrogen) atoms. The van der Waals surface area contributed by atoms with Gasteiger partial charge in [-0.05, 0) is 37.1 Å². The highest BCUT2D eigenvalue weighted by Crippen LogP contribution is 2.25. The Morgan fingerprint density at radius 3 is 2.28 bits per heavy atom. The largest absolute Gasteiger partial charge is 0.497 e. The molecule has 0 saturated carbocycles. The molecule has 2 aromatic carbocycles. The maximum atomic E-state index is 12.2. The van der Waals surface area contributed by atoms with E-state index in [9.17, 15) is 9.59 Å². The van der Waals surface area contributed by atoms with E-state index in [4.69, 9.17) is 14.2 Å². The van der Waals surface area contributed by atoms with E-state index in [1.165, 1.54) is 20.3 Å². The molecule has 0 heterocycles. The number of hydrogen-bond donors (Lipinski definition) is 1. The molecule has 0 bridgehead atoms. The summed E-state index contributed by atoms with van der Waals surface area (Å²) in [7, 11) is 2.96. The number of para-hydroxylation sites is 1. The van der Waals surface area contributed by atoms with Crippen molar-refractivity contribution in [3.63, 3.8) is 0 Å². The molecule has 0 atom stereocenters. The van der Waals surface area contributed by atoms with Gasteiger partial charge in [0.05, 0.1) is 14.2 Å². The van der Waals surface area contributed by atoms with Crippen LogP contribution < -0.4 is 14.8 Å². The average Bonchev–Trinajstić information content (AvgIpc) is 2.62. The minimum Gasteiger partial charge on any atom is -0.497 e. The molecule has 6 nitrogen and oxygen atoms in total. The van der Waals surface area contributed by atoms with Gasteiger partial charge in [0.25, 0.3) is 5.91 Å². The lowest BCUT2D eigenvalue weighted by Gasteiger charge is -2.12. The van der Waals surface area contributed by atoms with E-state index in [-0.39, 0.29) is 12.2 Å². The average molecular weight is 343 g/mol. The SMILES string of the molecule is COc1ccc(C(=O)OCC(=O)Nc2c(C)cccc2C)c(OC)c1. The third-order valence-electron chi connectivity index (χ3n) is 3.71. The minimum absolute atomic E-state index is 0.225. The number of amides is 1. The number of benzene rings is 2. The third-order valence-corrected chi connectivity index (χ3v) is 3.71. The van der Waals surface area contributed by atoms with Gasteiger partial charge in [-0.15, -0.1) is 0 Å². The predicted octanol–water partition coefficient (Wildman–Crippen LogP) is 3.12. The molecule has 0 saturated heterocycles. The molecule has 1 amide bonds. The number of rotatable bonds is 6. The maximum Gasteiger partial charge on any atom is 0.342 e. The Balaban J connectivity index is 2.01. The Morgan fingerprint density at radius 2 is 1.68 bits per heavy atom. The lowest BCUT2D eigenvalue weighted by molar-refractivity contribution is -0.119. The van der Waals surface area contributed by atoms with Crippen LogP contribution in [-0.2, 0) is 9.53 Å². The predicted molar refractivity (Wildman–Crippen MR) is 94.4 cm³/mol. The Bertz CT molecular complexity index is 765. The van der Waals surface area contributed by atoms with E-state index in [0.29, 0.717) is 11.5 Å². The molecule has 0 fully saturated rings. The van der Waals surface area contributed by atoms with Gasteiger partial charge in [0.1, 0.15) is 17.1 Å². The van der Waals surface area contributed by atoms with Gasteiger partial charge >= 0.3 is 5.97 Å². The van der Waals surface area contributed by atoms with E-state index in [2.05, 4.69) is 5.32 Å². The van der Waals surface area contributed by atoms with Crippen molar-refractivity contribution in [3.8, 4) is 11.5 Å². The van der Waals surface area contributed by atoms with Crippen LogP contribution in [0, 0.1) is 13.8 Å². The van der Waals surface area contributed by atoms with Crippen molar-refractivity contribution in [2.24, 2.45) is 0 Å². The lowest BCUT2D eigenvalue weighted by Crippen LogP contribution is -2.22. The van der Waals surface area contributed by atoms with Crippen LogP contribution in [0.5, 0.6) is 11.5 Å². The van der Waals surface area contributed by atoms with Gasteiger partial charge < -0.3 is 19.5 Å². The van der Waals surface area contributed by atoms with Crippen LogP contribution in [0.25, 0.3) is 0 Å². The number of carbonyl (C=O) groups is 2. The Labute approximate surface area is 146 Å². The summed E-state index contributed by atoms with van der Waals surface area (Å²) in [6.45, 7) is 3.41. The number of carbonyl (C=O) groups excluding carboxylic acids is 2. The van der Waals surface area contributed by atoms with Crippen LogP contribution in [0.1, 0.15) is 21.5 Å². The van der Waals surface area contributed by atoms with Crippen LogP contribution in [-0.4, -0.2) is 32.7 Å². The van der Waals surface area contributed by atoms with Gasteiger partial charge in [0, 0.05) is 11.8 Å². The number of methoxy groups -OCH3 is 2. The minimum atomic E-state index is -0.642. The quantitative estimate of drug-likeness (QED) is 0.816. The highest BCUT2D eigenvalue weighted by molar-refractivity contribution is 5.97. The smallest absolute Gasteiger partial charge is 0.342 e. The molecule has 0 aliphatic heterocycles. The third kappa shape index (κ3) is 4.50. The van der Waals surface area contributed by atoms with Crippen molar-refractivity contribution in [2.45, 2.75) is 13.8 Å². The molecule has 0 spiro atoms. The first-order valence-electron chi connectivity index (χ1n) is 7.71. The second-order valence-corrected chi connectivity index (χ2v) is 5.46. The van der Waals surface area contributed by atoms with Crippen molar-refractivity contribution >= 4 is 17.6 Å². The summed E-state index contributed by atoms with van der Waals surface area (Å²) < 4.78 is 15.3. The van der Waals surface area contributed by atoms with Crippen molar-refractivity contribution in [1.82, 2.24) is 0 Å². The second kappa shape index (κ2) is 8.19. The van der Waals surface area contributed by atoms with Gasteiger partial charge in [-0.25, -0.2) is 4.79 Å². The molecule has 2 rings (SSSR count). The Hall–Kier alpha value is -3.02. The fourth-order valence-corrected chi connectivity index (χ4v) is 2.36. The summed E-state index contributed by atoms with van der Waals surface area (Å²) in [5.41, 5.74) is 2.83. The standard InChI is InChI=1S/C19H21NO5/c1-12-6-5-7-13(2)18(12)20-17(21)11-25-19(22)15-9-8-14(23-3)10-16(15)24-4/h5-10H,11H2,1-4H3,(H,20,21). The summed E-state index contributed by atoms with van der Waals surface area (Å²) in [6, 6.07) is 10.4.